The van der Waals surface area contributed by atoms with Crippen LogP contribution in [0, 0.1) is 5.92 Å². The maximum absolute atomic E-state index is 5.87. The molecule has 0 amide bonds. The van der Waals surface area contributed by atoms with Crippen molar-refractivity contribution in [1.82, 2.24) is 4.90 Å². The lowest BCUT2D eigenvalue weighted by molar-refractivity contribution is -0.0528. The number of nitrogens with zero attached hydrogens (tertiary/aromatic N) is 1. The molecule has 1 aliphatic heterocycles. The van der Waals surface area contributed by atoms with Crippen LogP contribution < -0.4 is 5.73 Å². The zero-order chi connectivity index (χ0) is 10.8. The van der Waals surface area contributed by atoms with Gasteiger partial charge >= 0.3 is 0 Å². The minimum atomic E-state index is 0.507. The van der Waals surface area contributed by atoms with E-state index in [-0.39, 0.29) is 0 Å². The van der Waals surface area contributed by atoms with Crippen LogP contribution in [0.3, 0.4) is 0 Å². The fraction of sp³-hybridized carbons (Fsp3) is 1.00. The topological polar surface area (TPSA) is 38.5 Å². The lowest BCUT2D eigenvalue weighted by Crippen LogP contribution is -2.56. The molecule has 0 aromatic heterocycles. The van der Waals surface area contributed by atoms with Gasteiger partial charge in [0.05, 0.1) is 6.10 Å². The Kier molecular flexibility index (Phi) is 3.65. The van der Waals surface area contributed by atoms with Gasteiger partial charge in [-0.15, -0.1) is 0 Å². The summed E-state index contributed by atoms with van der Waals surface area (Å²) < 4.78 is 5.34. The van der Waals surface area contributed by atoms with Gasteiger partial charge in [0.2, 0.25) is 0 Å². The molecule has 1 heterocycles. The van der Waals surface area contributed by atoms with Crippen molar-refractivity contribution < 1.29 is 4.74 Å². The standard InChI is InChI=1S/C12H24N2O/c1-9-3-4-14(11(5-9)8-13)10-6-12(7-10)15-2/h9-12H,3-8,13H2,1-2H3. The smallest absolute Gasteiger partial charge is 0.0601 e. The molecule has 0 spiro atoms. The molecule has 2 rings (SSSR count). The normalized spacial score (nSPS) is 42.6. The van der Waals surface area contributed by atoms with Gasteiger partial charge in [0.15, 0.2) is 0 Å². The van der Waals surface area contributed by atoms with E-state index in [1.54, 1.807) is 0 Å². The fourth-order valence-corrected chi connectivity index (χ4v) is 2.98. The second-order valence-corrected chi connectivity index (χ2v) is 5.24. The number of rotatable bonds is 3. The van der Waals surface area contributed by atoms with Crippen molar-refractivity contribution in [1.29, 1.82) is 0 Å². The summed E-state index contributed by atoms with van der Waals surface area (Å²) in [6.07, 6.45) is 5.55. The number of hydrogen-bond donors (Lipinski definition) is 1. The van der Waals surface area contributed by atoms with E-state index in [0.29, 0.717) is 12.1 Å². The Morgan fingerprint density at radius 1 is 1.33 bits per heavy atom. The lowest BCUT2D eigenvalue weighted by Gasteiger charge is -2.48. The van der Waals surface area contributed by atoms with Gasteiger partial charge in [0.25, 0.3) is 0 Å². The first-order valence-corrected chi connectivity index (χ1v) is 6.23. The van der Waals surface area contributed by atoms with Crippen LogP contribution in [-0.4, -0.2) is 43.3 Å². The Hall–Kier alpha value is -0.120. The third kappa shape index (κ3) is 2.35. The number of nitrogens with two attached hydrogens (primary N) is 1. The first-order chi connectivity index (χ1) is 7.24. The number of ether oxygens (including phenoxy) is 1. The molecule has 15 heavy (non-hydrogen) atoms. The second-order valence-electron chi connectivity index (χ2n) is 5.24. The number of piperidine rings is 1. The molecule has 0 aromatic rings. The molecule has 2 atom stereocenters. The summed E-state index contributed by atoms with van der Waals surface area (Å²) in [6, 6.07) is 1.37. The van der Waals surface area contributed by atoms with Crippen LogP contribution >= 0.6 is 0 Å². The quantitative estimate of drug-likeness (QED) is 0.764. The summed E-state index contributed by atoms with van der Waals surface area (Å²) in [6.45, 7) is 4.40. The largest absolute Gasteiger partial charge is 0.381 e. The van der Waals surface area contributed by atoms with Gasteiger partial charge in [0.1, 0.15) is 0 Å². The summed E-state index contributed by atoms with van der Waals surface area (Å²) in [5.41, 5.74) is 5.87. The molecule has 2 unspecified atom stereocenters. The average Bonchev–Trinajstić information content (AvgIpc) is 2.18. The molecule has 0 bridgehead atoms. The first-order valence-electron chi connectivity index (χ1n) is 6.23. The predicted molar refractivity (Wildman–Crippen MR) is 61.8 cm³/mol. The highest BCUT2D eigenvalue weighted by molar-refractivity contribution is 4.93. The van der Waals surface area contributed by atoms with Crippen LogP contribution in [0.5, 0.6) is 0 Å². The van der Waals surface area contributed by atoms with Gasteiger partial charge in [-0.25, -0.2) is 0 Å². The zero-order valence-corrected chi connectivity index (χ0v) is 9.98. The van der Waals surface area contributed by atoms with Gasteiger partial charge in [-0.3, -0.25) is 4.90 Å². The molecule has 1 saturated carbocycles. The highest BCUT2D eigenvalue weighted by Crippen LogP contribution is 2.33. The van der Waals surface area contributed by atoms with E-state index in [1.807, 2.05) is 7.11 Å². The summed E-state index contributed by atoms with van der Waals surface area (Å²) in [4.78, 5) is 2.63. The molecule has 2 fully saturated rings. The van der Waals surface area contributed by atoms with Crippen LogP contribution in [0.25, 0.3) is 0 Å². The Morgan fingerprint density at radius 3 is 2.67 bits per heavy atom. The van der Waals surface area contributed by atoms with Crippen LogP contribution in [0.2, 0.25) is 0 Å². The molecule has 0 radical (unpaired) electrons. The lowest BCUT2D eigenvalue weighted by atomic mass is 9.83. The molecule has 1 saturated heterocycles. The molecular formula is C12H24N2O. The Bertz CT molecular complexity index is 204. The van der Waals surface area contributed by atoms with E-state index in [4.69, 9.17) is 10.5 Å². The third-order valence-electron chi connectivity index (χ3n) is 4.17. The fourth-order valence-electron chi connectivity index (χ4n) is 2.98. The van der Waals surface area contributed by atoms with Crippen molar-refractivity contribution in [2.45, 2.75) is 50.8 Å². The molecule has 0 aromatic carbocycles. The highest BCUT2D eigenvalue weighted by Gasteiger charge is 2.38. The van der Waals surface area contributed by atoms with Gasteiger partial charge in [-0.05, 0) is 38.1 Å². The molecule has 2 aliphatic rings. The van der Waals surface area contributed by atoms with Gasteiger partial charge in [0, 0.05) is 25.7 Å². The van der Waals surface area contributed by atoms with E-state index in [2.05, 4.69) is 11.8 Å². The van der Waals surface area contributed by atoms with Crippen molar-refractivity contribution in [2.75, 3.05) is 20.2 Å². The number of likely N-dealkylation sites (tertiary alicyclic amines) is 1. The van der Waals surface area contributed by atoms with E-state index >= 15 is 0 Å². The summed E-state index contributed by atoms with van der Waals surface area (Å²) in [5.74, 6) is 0.855. The van der Waals surface area contributed by atoms with Crippen LogP contribution in [0.15, 0.2) is 0 Å². The maximum Gasteiger partial charge on any atom is 0.0601 e. The number of hydrogen-bond acceptors (Lipinski definition) is 3. The first kappa shape index (κ1) is 11.4. The second kappa shape index (κ2) is 4.81. The molecular weight excluding hydrogens is 188 g/mol. The summed E-state index contributed by atoms with van der Waals surface area (Å²) in [5, 5.41) is 0. The average molecular weight is 212 g/mol. The van der Waals surface area contributed by atoms with Crippen molar-refractivity contribution in [3.05, 3.63) is 0 Å². The molecule has 2 N–H and O–H groups in total. The Balaban J connectivity index is 1.85. The van der Waals surface area contributed by atoms with Crippen LogP contribution in [0.1, 0.15) is 32.6 Å². The number of methoxy groups -OCH3 is 1. The van der Waals surface area contributed by atoms with Gasteiger partial charge < -0.3 is 10.5 Å². The van der Waals surface area contributed by atoms with E-state index in [1.165, 1.54) is 32.2 Å². The minimum absolute atomic E-state index is 0.507. The molecule has 88 valence electrons. The summed E-state index contributed by atoms with van der Waals surface area (Å²) >= 11 is 0. The van der Waals surface area contributed by atoms with E-state index in [0.717, 1.165) is 18.5 Å². The predicted octanol–water partition coefficient (Wildman–Crippen LogP) is 1.22. The highest BCUT2D eigenvalue weighted by atomic mass is 16.5. The Morgan fingerprint density at radius 2 is 2.07 bits per heavy atom. The zero-order valence-electron chi connectivity index (χ0n) is 9.98. The van der Waals surface area contributed by atoms with Crippen molar-refractivity contribution in [3.63, 3.8) is 0 Å². The molecule has 3 nitrogen and oxygen atoms in total. The van der Waals surface area contributed by atoms with Crippen LogP contribution in [0.4, 0.5) is 0 Å². The Labute approximate surface area is 93.0 Å². The summed E-state index contributed by atoms with van der Waals surface area (Å²) in [7, 11) is 1.82. The van der Waals surface area contributed by atoms with E-state index < -0.39 is 0 Å². The van der Waals surface area contributed by atoms with Crippen molar-refractivity contribution in [3.8, 4) is 0 Å². The van der Waals surface area contributed by atoms with Crippen LogP contribution in [-0.2, 0) is 4.74 Å². The maximum atomic E-state index is 5.87. The minimum Gasteiger partial charge on any atom is -0.381 e. The van der Waals surface area contributed by atoms with Crippen molar-refractivity contribution in [2.24, 2.45) is 11.7 Å². The van der Waals surface area contributed by atoms with Crippen molar-refractivity contribution >= 4 is 0 Å². The molecule has 3 heteroatoms. The monoisotopic (exact) mass is 212 g/mol. The molecule has 1 aliphatic carbocycles. The van der Waals surface area contributed by atoms with Gasteiger partial charge in [-0.1, -0.05) is 6.92 Å². The van der Waals surface area contributed by atoms with Gasteiger partial charge in [-0.2, -0.15) is 0 Å². The SMILES string of the molecule is COC1CC(N2CCC(C)CC2CN)C1. The van der Waals surface area contributed by atoms with E-state index in [9.17, 15) is 0 Å². The third-order valence-corrected chi connectivity index (χ3v) is 4.17.